The maximum absolute atomic E-state index is 13.2. The van der Waals surface area contributed by atoms with Gasteiger partial charge in [-0.3, -0.25) is 4.79 Å². The molecule has 120 valence electrons. The van der Waals surface area contributed by atoms with Crippen LogP contribution in [-0.4, -0.2) is 23.4 Å². The predicted molar refractivity (Wildman–Crippen MR) is 93.0 cm³/mol. The highest BCUT2D eigenvalue weighted by Gasteiger charge is 2.39. The molecule has 3 rings (SSSR count). The van der Waals surface area contributed by atoms with Crippen LogP contribution in [-0.2, 0) is 17.8 Å². The van der Waals surface area contributed by atoms with Gasteiger partial charge >= 0.3 is 0 Å². The predicted octanol–water partition coefficient (Wildman–Crippen LogP) is 3.31. The Kier molecular flexibility index (Phi) is 4.22. The molecular weight excluding hydrogens is 284 g/mol. The molecule has 2 aromatic rings. The summed E-state index contributed by atoms with van der Waals surface area (Å²) in [7, 11) is 1.86. The number of nitrogens with zero attached hydrogens (tertiary/aromatic N) is 1. The van der Waals surface area contributed by atoms with Crippen molar-refractivity contribution in [2.24, 2.45) is 0 Å². The molecule has 3 heteroatoms. The lowest BCUT2D eigenvalue weighted by Gasteiger charge is -2.38. The summed E-state index contributed by atoms with van der Waals surface area (Å²) in [6, 6.07) is 18.2. The second-order valence-electron chi connectivity index (χ2n) is 6.82. The first kappa shape index (κ1) is 15.8. The monoisotopic (exact) mass is 308 g/mol. The van der Waals surface area contributed by atoms with Crippen LogP contribution in [0.25, 0.3) is 0 Å². The van der Waals surface area contributed by atoms with Gasteiger partial charge in [0.2, 0.25) is 5.91 Å². The number of carbonyl (C=O) groups excluding carboxylic acids is 1. The zero-order valence-electron chi connectivity index (χ0n) is 14.0. The molecule has 0 saturated heterocycles. The normalized spacial score (nSPS) is 20.0. The van der Waals surface area contributed by atoms with Crippen LogP contribution in [0, 0.1) is 0 Å². The van der Waals surface area contributed by atoms with E-state index < -0.39 is 0 Å². The fourth-order valence-electron chi connectivity index (χ4n) is 3.46. The second-order valence-corrected chi connectivity index (χ2v) is 6.82. The minimum Gasteiger partial charge on any atom is -0.331 e. The van der Waals surface area contributed by atoms with Crippen LogP contribution in [0.15, 0.2) is 54.6 Å². The third-order valence-electron chi connectivity index (χ3n) is 4.71. The van der Waals surface area contributed by atoms with Crippen LogP contribution < -0.4 is 5.32 Å². The zero-order chi connectivity index (χ0) is 16.4. The fraction of sp³-hybridized carbons (Fsp3) is 0.350. The molecule has 2 aromatic carbocycles. The molecule has 0 fully saturated rings. The van der Waals surface area contributed by atoms with E-state index in [-0.39, 0.29) is 17.5 Å². The van der Waals surface area contributed by atoms with Gasteiger partial charge in [0.1, 0.15) is 6.04 Å². The number of likely N-dealkylation sites (N-methyl/N-ethyl adjacent to an activating group) is 1. The number of hydrogen-bond acceptors (Lipinski definition) is 2. The lowest BCUT2D eigenvalue weighted by Crippen LogP contribution is -2.50. The molecule has 0 saturated carbocycles. The van der Waals surface area contributed by atoms with Crippen molar-refractivity contribution in [3.8, 4) is 0 Å². The minimum absolute atomic E-state index is 0.145. The molecule has 1 aliphatic rings. The summed E-state index contributed by atoms with van der Waals surface area (Å²) in [5.74, 6) is 0.145. The number of hydrogen-bond donors (Lipinski definition) is 1. The molecule has 3 nitrogen and oxygen atoms in total. The summed E-state index contributed by atoms with van der Waals surface area (Å²) >= 11 is 0. The molecule has 1 N–H and O–H groups in total. The Morgan fingerprint density at radius 2 is 1.74 bits per heavy atom. The maximum atomic E-state index is 13.2. The second kappa shape index (κ2) is 6.17. The molecule has 0 aliphatic carbocycles. The van der Waals surface area contributed by atoms with Crippen molar-refractivity contribution < 1.29 is 4.79 Å². The molecule has 23 heavy (non-hydrogen) atoms. The molecule has 1 unspecified atom stereocenters. The number of amides is 1. The largest absolute Gasteiger partial charge is 0.331 e. The molecule has 1 amide bonds. The van der Waals surface area contributed by atoms with Crippen LogP contribution >= 0.6 is 0 Å². The van der Waals surface area contributed by atoms with Gasteiger partial charge in [-0.25, -0.2) is 0 Å². The first-order valence-electron chi connectivity index (χ1n) is 8.13. The van der Waals surface area contributed by atoms with Gasteiger partial charge in [0, 0.05) is 12.1 Å². The van der Waals surface area contributed by atoms with Gasteiger partial charge in [-0.15, -0.1) is 0 Å². The van der Waals surface area contributed by atoms with Gasteiger partial charge in [0.25, 0.3) is 0 Å². The Hall–Kier alpha value is -2.13. The van der Waals surface area contributed by atoms with Crippen LogP contribution in [0.2, 0.25) is 0 Å². The summed E-state index contributed by atoms with van der Waals surface area (Å²) < 4.78 is 0. The Morgan fingerprint density at radius 3 is 2.43 bits per heavy atom. The minimum atomic E-state index is -0.281. The molecule has 1 heterocycles. The van der Waals surface area contributed by atoms with E-state index in [4.69, 9.17) is 0 Å². The zero-order valence-corrected chi connectivity index (χ0v) is 14.0. The van der Waals surface area contributed by atoms with E-state index in [1.807, 2.05) is 36.2 Å². The lowest BCUT2D eigenvalue weighted by atomic mass is 9.91. The summed E-state index contributed by atoms with van der Waals surface area (Å²) in [6.07, 6.45) is 0.861. The van der Waals surface area contributed by atoms with Gasteiger partial charge in [0.15, 0.2) is 0 Å². The van der Waals surface area contributed by atoms with Crippen molar-refractivity contribution in [3.63, 3.8) is 0 Å². The molecule has 1 atom stereocenters. The topological polar surface area (TPSA) is 32.3 Å². The number of nitrogens with one attached hydrogen (secondary N) is 1. The summed E-state index contributed by atoms with van der Waals surface area (Å²) in [5.41, 5.74) is 3.29. The number of carbonyl (C=O) groups is 1. The highest BCUT2D eigenvalue weighted by atomic mass is 16.2. The van der Waals surface area contributed by atoms with Crippen molar-refractivity contribution in [1.82, 2.24) is 10.2 Å². The molecule has 0 bridgehead atoms. The van der Waals surface area contributed by atoms with E-state index in [1.165, 1.54) is 5.56 Å². The molecule has 0 radical (unpaired) electrons. The summed E-state index contributed by atoms with van der Waals surface area (Å²) in [4.78, 5) is 15.2. The van der Waals surface area contributed by atoms with Gasteiger partial charge in [-0.1, -0.05) is 54.6 Å². The number of rotatable bonds is 3. The Balaban J connectivity index is 2.02. The van der Waals surface area contributed by atoms with Gasteiger partial charge in [-0.2, -0.15) is 0 Å². The standard InChI is InChI=1S/C20H24N2O/c1-20(2)13-16-11-7-8-12-17(16)18(21-3)19(23)22(20)14-15-9-5-4-6-10-15/h4-12,18,21H,13-14H2,1-3H3. The highest BCUT2D eigenvalue weighted by Crippen LogP contribution is 2.33. The van der Waals surface area contributed by atoms with E-state index in [2.05, 4.69) is 49.5 Å². The van der Waals surface area contributed by atoms with Gasteiger partial charge in [0.05, 0.1) is 0 Å². The SMILES string of the molecule is CNC1C(=O)N(Cc2ccccc2)C(C)(C)Cc2ccccc21. The average Bonchev–Trinajstić information content (AvgIpc) is 2.62. The average molecular weight is 308 g/mol. The Morgan fingerprint density at radius 1 is 1.09 bits per heavy atom. The number of fused-ring (bicyclic) bond motifs is 1. The van der Waals surface area contributed by atoms with Crippen LogP contribution in [0.4, 0.5) is 0 Å². The quantitative estimate of drug-likeness (QED) is 0.943. The van der Waals surface area contributed by atoms with E-state index in [0.29, 0.717) is 6.54 Å². The molecule has 0 spiro atoms. The summed E-state index contributed by atoms with van der Waals surface area (Å²) in [5, 5.41) is 3.21. The molecule has 1 aliphatic heterocycles. The molecular formula is C20H24N2O. The first-order valence-corrected chi connectivity index (χ1v) is 8.13. The van der Waals surface area contributed by atoms with Crippen LogP contribution in [0.3, 0.4) is 0 Å². The third kappa shape index (κ3) is 3.02. The molecule has 0 aromatic heterocycles. The van der Waals surface area contributed by atoms with Crippen LogP contribution in [0.1, 0.15) is 36.6 Å². The van der Waals surface area contributed by atoms with Crippen molar-refractivity contribution in [1.29, 1.82) is 0 Å². The van der Waals surface area contributed by atoms with Crippen molar-refractivity contribution in [2.45, 2.75) is 38.4 Å². The number of benzene rings is 2. The van der Waals surface area contributed by atoms with E-state index in [1.54, 1.807) is 0 Å². The lowest BCUT2D eigenvalue weighted by molar-refractivity contribution is -0.139. The summed E-state index contributed by atoms with van der Waals surface area (Å²) in [6.45, 7) is 4.95. The maximum Gasteiger partial charge on any atom is 0.245 e. The fourth-order valence-corrected chi connectivity index (χ4v) is 3.46. The van der Waals surface area contributed by atoms with Crippen molar-refractivity contribution >= 4 is 5.91 Å². The van der Waals surface area contributed by atoms with Gasteiger partial charge < -0.3 is 10.2 Å². The smallest absolute Gasteiger partial charge is 0.245 e. The van der Waals surface area contributed by atoms with E-state index in [9.17, 15) is 4.79 Å². The Bertz CT molecular complexity index is 694. The Labute approximate surface area is 138 Å². The van der Waals surface area contributed by atoms with E-state index >= 15 is 0 Å². The van der Waals surface area contributed by atoms with E-state index in [0.717, 1.165) is 17.5 Å². The van der Waals surface area contributed by atoms with Crippen molar-refractivity contribution in [3.05, 3.63) is 71.3 Å². The van der Waals surface area contributed by atoms with Gasteiger partial charge in [-0.05, 0) is 44.0 Å². The first-order chi connectivity index (χ1) is 11.0. The van der Waals surface area contributed by atoms with Crippen molar-refractivity contribution in [2.75, 3.05) is 7.05 Å². The third-order valence-corrected chi connectivity index (χ3v) is 4.71. The highest BCUT2D eigenvalue weighted by molar-refractivity contribution is 5.85. The van der Waals surface area contributed by atoms with Crippen LogP contribution in [0.5, 0.6) is 0 Å².